The van der Waals surface area contributed by atoms with Crippen molar-refractivity contribution in [3.05, 3.63) is 53.6 Å². The molecule has 1 atom stereocenters. The SMILES string of the molecule is Cc1ccc(S(=O)(=O)N[C@H](C)C(=O)N2CCN(Cc3ccc4c(c3)OCO4)CC2)cc1. The largest absolute Gasteiger partial charge is 0.454 e. The summed E-state index contributed by atoms with van der Waals surface area (Å²) in [5.74, 6) is 1.32. The van der Waals surface area contributed by atoms with Crippen LogP contribution in [-0.4, -0.2) is 63.1 Å². The molecule has 1 saturated heterocycles. The van der Waals surface area contributed by atoms with E-state index in [1.165, 1.54) is 0 Å². The zero-order valence-electron chi connectivity index (χ0n) is 17.7. The van der Waals surface area contributed by atoms with Crippen LogP contribution in [-0.2, 0) is 21.4 Å². The maximum atomic E-state index is 12.8. The van der Waals surface area contributed by atoms with E-state index in [1.807, 2.05) is 25.1 Å². The van der Waals surface area contributed by atoms with Gasteiger partial charge in [-0.15, -0.1) is 0 Å². The second-order valence-electron chi connectivity index (χ2n) is 7.95. The molecule has 0 radical (unpaired) electrons. The van der Waals surface area contributed by atoms with Crippen molar-refractivity contribution in [1.29, 1.82) is 0 Å². The van der Waals surface area contributed by atoms with Crippen LogP contribution in [0.2, 0.25) is 0 Å². The van der Waals surface area contributed by atoms with E-state index in [-0.39, 0.29) is 17.6 Å². The van der Waals surface area contributed by atoms with Crippen LogP contribution in [0.25, 0.3) is 0 Å². The van der Waals surface area contributed by atoms with Crippen molar-refractivity contribution in [2.75, 3.05) is 33.0 Å². The van der Waals surface area contributed by atoms with Crippen LogP contribution in [0.15, 0.2) is 47.4 Å². The van der Waals surface area contributed by atoms with Gasteiger partial charge in [-0.3, -0.25) is 9.69 Å². The molecule has 0 aliphatic carbocycles. The normalized spacial score (nSPS) is 17.5. The molecular weight excluding hydrogens is 418 g/mol. The summed E-state index contributed by atoms with van der Waals surface area (Å²) in [5.41, 5.74) is 2.10. The number of fused-ring (bicyclic) bond motifs is 1. The number of amides is 1. The van der Waals surface area contributed by atoms with E-state index in [9.17, 15) is 13.2 Å². The first kappa shape index (κ1) is 21.6. The first-order valence-electron chi connectivity index (χ1n) is 10.3. The van der Waals surface area contributed by atoms with Gasteiger partial charge in [-0.25, -0.2) is 8.42 Å². The Kier molecular flexibility index (Phi) is 6.17. The van der Waals surface area contributed by atoms with Gasteiger partial charge in [0.2, 0.25) is 22.7 Å². The van der Waals surface area contributed by atoms with E-state index in [1.54, 1.807) is 36.1 Å². The Morgan fingerprint density at radius 1 is 1.03 bits per heavy atom. The highest BCUT2D eigenvalue weighted by Gasteiger charge is 2.28. The summed E-state index contributed by atoms with van der Waals surface area (Å²) in [7, 11) is -3.75. The number of nitrogens with one attached hydrogen (secondary N) is 1. The van der Waals surface area contributed by atoms with Gasteiger partial charge in [0.1, 0.15) is 0 Å². The smallest absolute Gasteiger partial charge is 0.241 e. The fourth-order valence-electron chi connectivity index (χ4n) is 3.77. The second kappa shape index (κ2) is 8.86. The summed E-state index contributed by atoms with van der Waals surface area (Å²) in [4.78, 5) is 16.9. The molecule has 0 bridgehead atoms. The summed E-state index contributed by atoms with van der Waals surface area (Å²) < 4.78 is 38.4. The lowest BCUT2D eigenvalue weighted by atomic mass is 10.1. The van der Waals surface area contributed by atoms with Gasteiger partial charge in [0.05, 0.1) is 10.9 Å². The number of hydrogen-bond donors (Lipinski definition) is 1. The summed E-state index contributed by atoms with van der Waals surface area (Å²) >= 11 is 0. The molecule has 1 fully saturated rings. The van der Waals surface area contributed by atoms with Crippen LogP contribution in [0, 0.1) is 6.92 Å². The molecule has 8 nitrogen and oxygen atoms in total. The monoisotopic (exact) mass is 445 g/mol. The van der Waals surface area contributed by atoms with Gasteiger partial charge in [0.25, 0.3) is 0 Å². The van der Waals surface area contributed by atoms with Crippen molar-refractivity contribution in [3.8, 4) is 11.5 Å². The highest BCUT2D eigenvalue weighted by Crippen LogP contribution is 2.32. The molecule has 0 aromatic heterocycles. The molecule has 0 saturated carbocycles. The van der Waals surface area contributed by atoms with Gasteiger partial charge >= 0.3 is 0 Å². The van der Waals surface area contributed by atoms with Crippen LogP contribution in [0.1, 0.15) is 18.1 Å². The van der Waals surface area contributed by atoms with E-state index in [0.717, 1.165) is 42.3 Å². The predicted molar refractivity (Wildman–Crippen MR) is 115 cm³/mol. The number of hydrogen-bond acceptors (Lipinski definition) is 6. The number of ether oxygens (including phenoxy) is 2. The molecule has 4 rings (SSSR count). The van der Waals surface area contributed by atoms with Crippen LogP contribution in [0.4, 0.5) is 0 Å². The number of aryl methyl sites for hydroxylation is 1. The third-order valence-electron chi connectivity index (χ3n) is 5.56. The van der Waals surface area contributed by atoms with Gasteiger partial charge < -0.3 is 14.4 Å². The summed E-state index contributed by atoms with van der Waals surface area (Å²) in [6.07, 6.45) is 0. The minimum Gasteiger partial charge on any atom is -0.454 e. The van der Waals surface area contributed by atoms with Crippen molar-refractivity contribution < 1.29 is 22.7 Å². The topological polar surface area (TPSA) is 88.2 Å². The molecule has 2 aliphatic heterocycles. The molecule has 2 aromatic rings. The fourth-order valence-corrected chi connectivity index (χ4v) is 4.96. The maximum Gasteiger partial charge on any atom is 0.241 e. The standard InChI is InChI=1S/C22H27N3O5S/c1-16-3-6-19(7-4-16)31(27,28)23-17(2)22(26)25-11-9-24(10-12-25)14-18-5-8-20-21(13-18)30-15-29-20/h3-8,13,17,23H,9-12,14-15H2,1-2H3/t17-/m1/s1. The molecule has 2 heterocycles. The zero-order valence-corrected chi connectivity index (χ0v) is 18.5. The Morgan fingerprint density at radius 2 is 1.71 bits per heavy atom. The summed E-state index contributed by atoms with van der Waals surface area (Å²) in [6.45, 7) is 7.05. The van der Waals surface area contributed by atoms with Crippen LogP contribution in [0.3, 0.4) is 0 Å². The van der Waals surface area contributed by atoms with E-state index in [0.29, 0.717) is 13.1 Å². The predicted octanol–water partition coefficient (Wildman–Crippen LogP) is 1.73. The van der Waals surface area contributed by atoms with Gasteiger partial charge in [-0.05, 0) is 43.7 Å². The Morgan fingerprint density at radius 3 is 2.42 bits per heavy atom. The molecule has 1 N–H and O–H groups in total. The number of sulfonamides is 1. The average molecular weight is 446 g/mol. The van der Waals surface area contributed by atoms with Crippen molar-refractivity contribution in [2.45, 2.75) is 31.3 Å². The Balaban J connectivity index is 1.30. The molecule has 0 unspecified atom stereocenters. The molecule has 0 spiro atoms. The number of carbonyl (C=O) groups is 1. The third-order valence-corrected chi connectivity index (χ3v) is 7.12. The van der Waals surface area contributed by atoms with Crippen molar-refractivity contribution in [1.82, 2.24) is 14.5 Å². The van der Waals surface area contributed by atoms with Gasteiger partial charge in [0.15, 0.2) is 11.5 Å². The molecule has 2 aromatic carbocycles. The molecular formula is C22H27N3O5S. The number of carbonyl (C=O) groups excluding carboxylic acids is 1. The third kappa shape index (κ3) is 5.00. The minimum atomic E-state index is -3.75. The van der Waals surface area contributed by atoms with E-state index < -0.39 is 16.1 Å². The van der Waals surface area contributed by atoms with E-state index >= 15 is 0 Å². The fraction of sp³-hybridized carbons (Fsp3) is 0.409. The summed E-state index contributed by atoms with van der Waals surface area (Å²) in [5, 5.41) is 0. The number of nitrogens with zero attached hydrogens (tertiary/aromatic N) is 2. The first-order valence-corrected chi connectivity index (χ1v) is 11.8. The number of benzene rings is 2. The van der Waals surface area contributed by atoms with E-state index in [4.69, 9.17) is 9.47 Å². The lowest BCUT2D eigenvalue weighted by molar-refractivity contribution is -0.134. The lowest BCUT2D eigenvalue weighted by Gasteiger charge is -2.36. The second-order valence-corrected chi connectivity index (χ2v) is 9.66. The minimum absolute atomic E-state index is 0.159. The van der Waals surface area contributed by atoms with E-state index in [2.05, 4.69) is 9.62 Å². The van der Waals surface area contributed by atoms with Crippen molar-refractivity contribution >= 4 is 15.9 Å². The molecule has 9 heteroatoms. The maximum absolute atomic E-state index is 12.8. The summed E-state index contributed by atoms with van der Waals surface area (Å²) in [6, 6.07) is 11.7. The molecule has 1 amide bonds. The average Bonchev–Trinajstić information content (AvgIpc) is 3.22. The number of piperazine rings is 1. The zero-order chi connectivity index (χ0) is 22.0. The Bertz CT molecular complexity index is 1050. The van der Waals surface area contributed by atoms with Crippen LogP contribution in [0.5, 0.6) is 11.5 Å². The van der Waals surface area contributed by atoms with Crippen LogP contribution >= 0.6 is 0 Å². The van der Waals surface area contributed by atoms with Gasteiger partial charge in [0, 0.05) is 32.7 Å². The molecule has 2 aliphatic rings. The Hall–Kier alpha value is -2.62. The highest BCUT2D eigenvalue weighted by molar-refractivity contribution is 7.89. The lowest BCUT2D eigenvalue weighted by Crippen LogP contribution is -2.53. The van der Waals surface area contributed by atoms with Gasteiger partial charge in [-0.1, -0.05) is 23.8 Å². The van der Waals surface area contributed by atoms with Gasteiger partial charge in [-0.2, -0.15) is 4.72 Å². The molecule has 166 valence electrons. The highest BCUT2D eigenvalue weighted by atomic mass is 32.2. The van der Waals surface area contributed by atoms with Crippen LogP contribution < -0.4 is 14.2 Å². The Labute approximate surface area is 182 Å². The molecule has 31 heavy (non-hydrogen) atoms. The quantitative estimate of drug-likeness (QED) is 0.729. The van der Waals surface area contributed by atoms with Crippen molar-refractivity contribution in [2.24, 2.45) is 0 Å². The first-order chi connectivity index (χ1) is 14.8. The van der Waals surface area contributed by atoms with Crippen molar-refractivity contribution in [3.63, 3.8) is 0 Å². The number of rotatable bonds is 6.